The Kier molecular flexibility index (Phi) is 5.17. The second-order valence-electron chi connectivity index (χ2n) is 5.63. The van der Waals surface area contributed by atoms with Gasteiger partial charge in [0.1, 0.15) is 11.6 Å². The minimum absolute atomic E-state index is 0.548. The maximum atomic E-state index is 5.82. The van der Waals surface area contributed by atoms with E-state index in [1.807, 2.05) is 11.6 Å². The highest BCUT2D eigenvalue weighted by molar-refractivity contribution is 7.71. The van der Waals surface area contributed by atoms with Crippen molar-refractivity contribution in [1.82, 2.24) is 14.8 Å². The zero-order chi connectivity index (χ0) is 15.4. The van der Waals surface area contributed by atoms with E-state index in [1.165, 1.54) is 11.1 Å². The zero-order valence-corrected chi connectivity index (χ0v) is 14.0. The Morgan fingerprint density at radius 2 is 2.14 bits per heavy atom. The maximum absolute atomic E-state index is 5.82. The number of aromatic amines is 1. The van der Waals surface area contributed by atoms with Crippen LogP contribution in [0.25, 0.3) is 0 Å². The molecule has 21 heavy (non-hydrogen) atoms. The number of hydrogen-bond donors (Lipinski definition) is 1. The smallest absolute Gasteiger partial charge is 0.194 e. The van der Waals surface area contributed by atoms with Crippen molar-refractivity contribution >= 4 is 12.2 Å². The average Bonchev–Trinajstić information content (AvgIpc) is 2.75. The van der Waals surface area contributed by atoms with Crippen LogP contribution in [0.2, 0.25) is 0 Å². The van der Waals surface area contributed by atoms with E-state index in [-0.39, 0.29) is 0 Å². The van der Waals surface area contributed by atoms with E-state index >= 15 is 0 Å². The molecular weight excluding hydrogens is 282 g/mol. The van der Waals surface area contributed by atoms with Crippen molar-refractivity contribution in [2.75, 3.05) is 6.61 Å². The summed E-state index contributed by atoms with van der Waals surface area (Å²) in [6.07, 6.45) is 1.77. The lowest BCUT2D eigenvalue weighted by atomic mass is 9.98. The molecule has 0 atom stereocenters. The predicted molar refractivity (Wildman–Crippen MR) is 87.5 cm³/mol. The van der Waals surface area contributed by atoms with Crippen LogP contribution in [0.3, 0.4) is 0 Å². The van der Waals surface area contributed by atoms with E-state index in [1.54, 1.807) is 0 Å². The van der Waals surface area contributed by atoms with Crippen LogP contribution >= 0.6 is 12.2 Å². The molecule has 0 aliphatic rings. The topological polar surface area (TPSA) is 42.8 Å². The van der Waals surface area contributed by atoms with E-state index in [9.17, 15) is 0 Å². The van der Waals surface area contributed by atoms with Gasteiger partial charge in [-0.05, 0) is 54.7 Å². The molecular formula is C16H23N3OS. The second-order valence-corrected chi connectivity index (χ2v) is 6.02. The van der Waals surface area contributed by atoms with Crippen LogP contribution in [0.1, 0.15) is 43.1 Å². The largest absolute Gasteiger partial charge is 0.494 e. The Labute approximate surface area is 131 Å². The first-order valence-electron chi connectivity index (χ1n) is 7.32. The third kappa shape index (κ3) is 3.94. The van der Waals surface area contributed by atoms with E-state index in [0.29, 0.717) is 17.3 Å². The average molecular weight is 305 g/mol. The SMILES string of the molecule is Cc1cc(OCCCc2n[nH]c(=S)n2C)ccc1C(C)C. The van der Waals surface area contributed by atoms with Crippen LogP contribution in [0, 0.1) is 11.7 Å². The molecule has 0 amide bonds. The second kappa shape index (κ2) is 6.89. The predicted octanol–water partition coefficient (Wildman–Crippen LogP) is 3.92. The van der Waals surface area contributed by atoms with Crippen LogP contribution in [0.5, 0.6) is 5.75 Å². The molecule has 2 aromatic rings. The molecule has 114 valence electrons. The first-order chi connectivity index (χ1) is 9.99. The molecule has 0 aliphatic heterocycles. The quantitative estimate of drug-likeness (QED) is 0.650. The molecule has 0 fully saturated rings. The Morgan fingerprint density at radius 3 is 2.71 bits per heavy atom. The van der Waals surface area contributed by atoms with Gasteiger partial charge in [-0.2, -0.15) is 5.10 Å². The summed E-state index contributed by atoms with van der Waals surface area (Å²) in [5, 5.41) is 6.99. The standard InChI is InChI=1S/C16H23N3OS/c1-11(2)14-8-7-13(10-12(14)3)20-9-5-6-15-17-18-16(21)19(15)4/h7-8,10-11H,5-6,9H2,1-4H3,(H,18,21). The van der Waals surface area contributed by atoms with Gasteiger partial charge in [-0.1, -0.05) is 19.9 Å². The number of benzene rings is 1. The monoisotopic (exact) mass is 305 g/mol. The number of rotatable bonds is 6. The minimum atomic E-state index is 0.548. The van der Waals surface area contributed by atoms with Gasteiger partial charge in [-0.15, -0.1) is 0 Å². The summed E-state index contributed by atoms with van der Waals surface area (Å²) in [5.74, 6) is 2.45. The first-order valence-corrected chi connectivity index (χ1v) is 7.73. The molecule has 2 rings (SSSR count). The summed E-state index contributed by atoms with van der Waals surface area (Å²) < 4.78 is 8.37. The van der Waals surface area contributed by atoms with Gasteiger partial charge in [0.15, 0.2) is 4.77 Å². The molecule has 0 radical (unpaired) electrons. The van der Waals surface area contributed by atoms with E-state index in [4.69, 9.17) is 17.0 Å². The highest BCUT2D eigenvalue weighted by atomic mass is 32.1. The van der Waals surface area contributed by atoms with Crippen molar-refractivity contribution < 1.29 is 4.74 Å². The highest BCUT2D eigenvalue weighted by Gasteiger charge is 2.05. The van der Waals surface area contributed by atoms with Gasteiger partial charge in [0.05, 0.1) is 6.61 Å². The number of aromatic nitrogens is 3. The summed E-state index contributed by atoms with van der Waals surface area (Å²) >= 11 is 5.09. The van der Waals surface area contributed by atoms with Gasteiger partial charge in [-0.25, -0.2) is 0 Å². The van der Waals surface area contributed by atoms with Crippen molar-refractivity contribution in [1.29, 1.82) is 0 Å². The molecule has 0 bridgehead atoms. The Morgan fingerprint density at radius 1 is 1.38 bits per heavy atom. The number of aryl methyl sites for hydroxylation is 2. The lowest BCUT2D eigenvalue weighted by Gasteiger charge is -2.12. The fourth-order valence-electron chi connectivity index (χ4n) is 2.41. The third-order valence-electron chi connectivity index (χ3n) is 3.65. The molecule has 1 heterocycles. The fourth-order valence-corrected chi connectivity index (χ4v) is 2.56. The molecule has 4 nitrogen and oxygen atoms in total. The van der Waals surface area contributed by atoms with Crippen molar-refractivity contribution in [2.45, 2.75) is 39.5 Å². The van der Waals surface area contributed by atoms with Gasteiger partial charge < -0.3 is 9.30 Å². The minimum Gasteiger partial charge on any atom is -0.494 e. The number of nitrogens with zero attached hydrogens (tertiary/aromatic N) is 2. The van der Waals surface area contributed by atoms with Crippen molar-refractivity contribution in [3.8, 4) is 5.75 Å². The summed E-state index contributed by atoms with van der Waals surface area (Å²) in [6.45, 7) is 7.23. The number of hydrogen-bond acceptors (Lipinski definition) is 3. The molecule has 1 N–H and O–H groups in total. The van der Waals surface area contributed by atoms with Gasteiger partial charge in [0, 0.05) is 13.5 Å². The molecule has 5 heteroatoms. The van der Waals surface area contributed by atoms with E-state index in [0.717, 1.165) is 24.4 Å². The Hall–Kier alpha value is -1.62. The van der Waals surface area contributed by atoms with Gasteiger partial charge >= 0.3 is 0 Å². The van der Waals surface area contributed by atoms with E-state index in [2.05, 4.69) is 49.2 Å². The van der Waals surface area contributed by atoms with Gasteiger partial charge in [0.2, 0.25) is 0 Å². The van der Waals surface area contributed by atoms with Crippen molar-refractivity contribution in [2.24, 2.45) is 7.05 Å². The Balaban J connectivity index is 1.85. The van der Waals surface area contributed by atoms with E-state index < -0.39 is 0 Å². The fraction of sp³-hybridized carbons (Fsp3) is 0.500. The van der Waals surface area contributed by atoms with Crippen molar-refractivity contribution in [3.05, 3.63) is 39.9 Å². The van der Waals surface area contributed by atoms with Gasteiger partial charge in [0.25, 0.3) is 0 Å². The Bertz CT molecular complexity index is 658. The first kappa shape index (κ1) is 15.8. The molecule has 0 unspecified atom stereocenters. The number of ether oxygens (including phenoxy) is 1. The van der Waals surface area contributed by atoms with Crippen LogP contribution in [-0.4, -0.2) is 21.4 Å². The highest BCUT2D eigenvalue weighted by Crippen LogP contribution is 2.23. The molecule has 0 saturated carbocycles. The van der Waals surface area contributed by atoms with Gasteiger partial charge in [-0.3, -0.25) is 5.10 Å². The third-order valence-corrected chi connectivity index (χ3v) is 4.01. The summed E-state index contributed by atoms with van der Waals surface area (Å²) in [6, 6.07) is 6.33. The molecule has 0 spiro atoms. The summed E-state index contributed by atoms with van der Waals surface area (Å²) in [5.41, 5.74) is 2.67. The lowest BCUT2D eigenvalue weighted by molar-refractivity contribution is 0.309. The lowest BCUT2D eigenvalue weighted by Crippen LogP contribution is -2.04. The number of H-pyrrole nitrogens is 1. The summed E-state index contributed by atoms with van der Waals surface area (Å²) in [7, 11) is 1.93. The van der Waals surface area contributed by atoms with Crippen LogP contribution in [0.4, 0.5) is 0 Å². The van der Waals surface area contributed by atoms with Crippen LogP contribution < -0.4 is 4.74 Å². The molecule has 0 aliphatic carbocycles. The van der Waals surface area contributed by atoms with Crippen LogP contribution in [-0.2, 0) is 13.5 Å². The zero-order valence-electron chi connectivity index (χ0n) is 13.1. The maximum Gasteiger partial charge on any atom is 0.194 e. The van der Waals surface area contributed by atoms with Crippen molar-refractivity contribution in [3.63, 3.8) is 0 Å². The molecule has 0 saturated heterocycles. The molecule has 1 aromatic carbocycles. The van der Waals surface area contributed by atoms with Crippen LogP contribution in [0.15, 0.2) is 18.2 Å². The number of nitrogens with one attached hydrogen (secondary N) is 1. The summed E-state index contributed by atoms with van der Waals surface area (Å²) in [4.78, 5) is 0. The molecule has 1 aromatic heterocycles. The normalized spacial score (nSPS) is 11.1.